The fourth-order valence-electron chi connectivity index (χ4n) is 3.22. The fraction of sp³-hybridized carbons (Fsp3) is 0.263. The van der Waals surface area contributed by atoms with Crippen molar-refractivity contribution < 1.29 is 9.90 Å². The molecule has 0 aliphatic rings. The zero-order valence-electron chi connectivity index (χ0n) is 14.7. The minimum Gasteiger partial charge on any atom is -0.477 e. The number of hydrogen-bond acceptors (Lipinski definition) is 3. The first-order valence-electron chi connectivity index (χ1n) is 8.24. The molecular formula is C19H22ClN3O3. The molecule has 0 saturated heterocycles. The Bertz CT molecular complexity index is 1020. The molecule has 3 rings (SSSR count). The van der Waals surface area contributed by atoms with Crippen LogP contribution >= 0.6 is 12.4 Å². The zero-order valence-corrected chi connectivity index (χ0v) is 15.5. The highest BCUT2D eigenvalue weighted by Crippen LogP contribution is 2.27. The second-order valence-electron chi connectivity index (χ2n) is 6.08. The maximum atomic E-state index is 12.1. The molecule has 0 spiro atoms. The predicted molar refractivity (Wildman–Crippen MR) is 105 cm³/mol. The maximum absolute atomic E-state index is 12.1. The lowest BCUT2D eigenvalue weighted by molar-refractivity contribution is 0.0695. The van der Waals surface area contributed by atoms with E-state index < -0.39 is 11.5 Å². The molecule has 2 aromatic heterocycles. The largest absolute Gasteiger partial charge is 0.477 e. The van der Waals surface area contributed by atoms with Gasteiger partial charge in [0, 0.05) is 23.6 Å². The monoisotopic (exact) mass is 375 g/mol. The molecule has 0 radical (unpaired) electrons. The highest BCUT2D eigenvalue weighted by molar-refractivity contribution is 5.89. The van der Waals surface area contributed by atoms with Crippen LogP contribution in [-0.2, 0) is 19.9 Å². The number of benzene rings is 1. The maximum Gasteiger partial charge on any atom is 0.341 e. The number of hydrogen-bond donors (Lipinski definition) is 3. The van der Waals surface area contributed by atoms with Gasteiger partial charge >= 0.3 is 5.97 Å². The summed E-state index contributed by atoms with van der Waals surface area (Å²) in [7, 11) is 2.01. The molecule has 0 bridgehead atoms. The van der Waals surface area contributed by atoms with Gasteiger partial charge in [-0.05, 0) is 54.8 Å². The van der Waals surface area contributed by atoms with Crippen LogP contribution in [0.2, 0.25) is 0 Å². The molecule has 1 aromatic carbocycles. The average molecular weight is 376 g/mol. The summed E-state index contributed by atoms with van der Waals surface area (Å²) in [5.41, 5.74) is 9.43. The van der Waals surface area contributed by atoms with Crippen LogP contribution in [-0.4, -0.2) is 27.2 Å². The van der Waals surface area contributed by atoms with Gasteiger partial charge in [0.15, 0.2) is 0 Å². The second kappa shape index (κ2) is 7.76. The zero-order chi connectivity index (χ0) is 18.1. The number of rotatable bonds is 5. The van der Waals surface area contributed by atoms with Gasteiger partial charge in [-0.15, -0.1) is 12.4 Å². The van der Waals surface area contributed by atoms with Crippen LogP contribution in [0.15, 0.2) is 35.1 Å². The van der Waals surface area contributed by atoms with E-state index in [0.717, 1.165) is 34.1 Å². The van der Waals surface area contributed by atoms with Gasteiger partial charge in [0.1, 0.15) is 5.56 Å². The topological polar surface area (TPSA) is 101 Å². The van der Waals surface area contributed by atoms with E-state index in [1.165, 1.54) is 6.07 Å². The number of nitrogens with one attached hydrogen (secondary N) is 1. The van der Waals surface area contributed by atoms with Crippen molar-refractivity contribution >= 4 is 29.3 Å². The Morgan fingerprint density at radius 2 is 2.00 bits per heavy atom. The summed E-state index contributed by atoms with van der Waals surface area (Å²) < 4.78 is 2.11. The molecule has 0 fully saturated rings. The molecule has 0 aliphatic heterocycles. The Labute approximate surface area is 157 Å². The van der Waals surface area contributed by atoms with E-state index in [-0.39, 0.29) is 18.0 Å². The van der Waals surface area contributed by atoms with Gasteiger partial charge in [-0.3, -0.25) is 4.79 Å². The highest BCUT2D eigenvalue weighted by Gasteiger charge is 2.15. The van der Waals surface area contributed by atoms with Crippen molar-refractivity contribution in [2.75, 3.05) is 6.54 Å². The molecule has 0 aliphatic carbocycles. The molecule has 6 nitrogen and oxygen atoms in total. The molecule has 7 heteroatoms. The van der Waals surface area contributed by atoms with Gasteiger partial charge in [0.05, 0.1) is 5.69 Å². The molecule has 3 aromatic rings. The molecule has 2 heterocycles. The molecular weight excluding hydrogens is 354 g/mol. The predicted octanol–water partition coefficient (Wildman–Crippen LogP) is 2.72. The minimum absolute atomic E-state index is 0. The van der Waals surface area contributed by atoms with E-state index >= 15 is 0 Å². The first-order chi connectivity index (χ1) is 12.0. The summed E-state index contributed by atoms with van der Waals surface area (Å²) in [6, 6.07) is 9.53. The van der Waals surface area contributed by atoms with Crippen molar-refractivity contribution in [2.45, 2.75) is 19.8 Å². The number of pyridine rings is 1. The number of H-pyrrole nitrogens is 1. The van der Waals surface area contributed by atoms with E-state index in [0.29, 0.717) is 18.7 Å². The molecule has 26 heavy (non-hydrogen) atoms. The van der Waals surface area contributed by atoms with Crippen LogP contribution in [0.25, 0.3) is 22.2 Å². The van der Waals surface area contributed by atoms with E-state index in [9.17, 15) is 9.59 Å². The Balaban J connectivity index is 0.00000243. The number of fused-ring (bicyclic) bond motifs is 1. The van der Waals surface area contributed by atoms with Gasteiger partial charge in [0.2, 0.25) is 0 Å². The number of halogens is 1. The average Bonchev–Trinajstić information content (AvgIpc) is 2.90. The quantitative estimate of drug-likeness (QED) is 0.638. The van der Waals surface area contributed by atoms with Crippen molar-refractivity contribution in [3.8, 4) is 11.3 Å². The van der Waals surface area contributed by atoms with Crippen molar-refractivity contribution in [3.05, 3.63) is 57.5 Å². The van der Waals surface area contributed by atoms with Crippen LogP contribution < -0.4 is 11.3 Å². The third-order valence-electron chi connectivity index (χ3n) is 4.57. The van der Waals surface area contributed by atoms with E-state index in [1.54, 1.807) is 0 Å². The number of carboxylic acid groups (broad SMARTS) is 1. The third-order valence-corrected chi connectivity index (χ3v) is 4.57. The lowest BCUT2D eigenvalue weighted by Gasteiger charge is -2.10. The molecule has 0 unspecified atom stereocenters. The Hall–Kier alpha value is -2.57. The van der Waals surface area contributed by atoms with Gasteiger partial charge in [-0.25, -0.2) is 4.79 Å². The minimum atomic E-state index is -1.22. The highest BCUT2D eigenvalue weighted by atomic mass is 35.5. The third kappa shape index (κ3) is 3.38. The molecule has 0 saturated carbocycles. The van der Waals surface area contributed by atoms with Gasteiger partial charge in [-0.1, -0.05) is 13.0 Å². The van der Waals surface area contributed by atoms with E-state index in [4.69, 9.17) is 10.8 Å². The normalized spacial score (nSPS) is 10.7. The fourth-order valence-corrected chi connectivity index (χ4v) is 3.22. The lowest BCUT2D eigenvalue weighted by Crippen LogP contribution is -2.19. The number of carboxylic acids is 1. The van der Waals surface area contributed by atoms with Crippen LogP contribution in [0.4, 0.5) is 0 Å². The smallest absolute Gasteiger partial charge is 0.341 e. The molecule has 0 amide bonds. The Kier molecular flexibility index (Phi) is 5.90. The number of aromatic nitrogens is 2. The van der Waals surface area contributed by atoms with Crippen molar-refractivity contribution in [1.82, 2.24) is 9.55 Å². The number of nitrogens with zero attached hydrogens (tertiary/aromatic N) is 1. The Morgan fingerprint density at radius 3 is 2.62 bits per heavy atom. The van der Waals surface area contributed by atoms with Crippen LogP contribution in [0.5, 0.6) is 0 Å². The Morgan fingerprint density at radius 1 is 1.27 bits per heavy atom. The van der Waals surface area contributed by atoms with E-state index in [1.807, 2.05) is 32.2 Å². The lowest BCUT2D eigenvalue weighted by atomic mass is 10.0. The summed E-state index contributed by atoms with van der Waals surface area (Å²) in [6.45, 7) is 2.52. The number of nitrogens with two attached hydrogens (primary N) is 1. The number of aromatic carboxylic acids is 1. The van der Waals surface area contributed by atoms with Crippen molar-refractivity contribution in [3.63, 3.8) is 0 Å². The van der Waals surface area contributed by atoms with Crippen LogP contribution in [0.1, 0.15) is 28.5 Å². The van der Waals surface area contributed by atoms with Crippen molar-refractivity contribution in [2.24, 2.45) is 12.8 Å². The van der Waals surface area contributed by atoms with Crippen LogP contribution in [0, 0.1) is 0 Å². The van der Waals surface area contributed by atoms with Crippen LogP contribution in [0.3, 0.4) is 0 Å². The van der Waals surface area contributed by atoms with Gasteiger partial charge in [-0.2, -0.15) is 0 Å². The van der Waals surface area contributed by atoms with Gasteiger partial charge < -0.3 is 20.4 Å². The standard InChI is InChI=1S/C19H21N3O3.ClH/c1-3-11-10-15(19(24)25)18(23)21-17(11)12-4-5-16-13(8-12)9-14(6-7-20)22(16)2;/h4-5,8-10H,3,6-7,20H2,1-2H3,(H,21,23)(H,24,25);1H. The summed E-state index contributed by atoms with van der Waals surface area (Å²) in [5.74, 6) is -1.22. The first kappa shape index (κ1) is 19.8. The SMILES string of the molecule is CCc1cc(C(=O)O)c(=O)[nH]c1-c1ccc2c(c1)cc(CCN)n2C.Cl. The molecule has 4 N–H and O–H groups in total. The van der Waals surface area contributed by atoms with E-state index in [2.05, 4.69) is 15.6 Å². The number of aryl methyl sites for hydroxylation is 2. The second-order valence-corrected chi connectivity index (χ2v) is 6.08. The van der Waals surface area contributed by atoms with Gasteiger partial charge in [0.25, 0.3) is 5.56 Å². The number of carbonyl (C=O) groups is 1. The van der Waals surface area contributed by atoms with Crippen molar-refractivity contribution in [1.29, 1.82) is 0 Å². The summed E-state index contributed by atoms with van der Waals surface area (Å²) in [4.78, 5) is 26.0. The summed E-state index contributed by atoms with van der Waals surface area (Å²) in [5, 5.41) is 10.2. The summed E-state index contributed by atoms with van der Waals surface area (Å²) in [6.07, 6.45) is 1.42. The number of aromatic amines is 1. The first-order valence-corrected chi connectivity index (χ1v) is 8.24. The molecule has 0 atom stereocenters. The summed E-state index contributed by atoms with van der Waals surface area (Å²) >= 11 is 0. The molecule has 138 valence electrons.